The number of benzene rings is 1. The lowest BCUT2D eigenvalue weighted by Gasteiger charge is -2.15. The first-order valence-corrected chi connectivity index (χ1v) is 7.34. The maximum atomic E-state index is 12.2. The summed E-state index contributed by atoms with van der Waals surface area (Å²) in [7, 11) is 0. The van der Waals surface area contributed by atoms with Crippen LogP contribution < -0.4 is 0 Å². The fourth-order valence-corrected chi connectivity index (χ4v) is 3.00. The monoisotopic (exact) mass is 292 g/mol. The van der Waals surface area contributed by atoms with Crippen LogP contribution >= 0.6 is 11.6 Å². The molecule has 3 rings (SSSR count). The number of hydrogen-bond donors (Lipinski definition) is 0. The highest BCUT2D eigenvalue weighted by Gasteiger charge is 2.56. The fraction of sp³-hybridized carbons (Fsp3) is 0.467. The van der Waals surface area contributed by atoms with Crippen molar-refractivity contribution < 1.29 is 9.53 Å². The number of para-hydroxylation sites is 1. The van der Waals surface area contributed by atoms with E-state index < -0.39 is 5.41 Å². The Morgan fingerprint density at radius 2 is 2.20 bits per heavy atom. The van der Waals surface area contributed by atoms with E-state index in [0.717, 1.165) is 36.2 Å². The quantitative estimate of drug-likeness (QED) is 0.812. The first kappa shape index (κ1) is 13.4. The molecule has 0 saturated heterocycles. The first-order valence-electron chi connectivity index (χ1n) is 6.96. The summed E-state index contributed by atoms with van der Waals surface area (Å²) in [4.78, 5) is 16.9. The van der Waals surface area contributed by atoms with Gasteiger partial charge >= 0.3 is 5.97 Å². The lowest BCUT2D eigenvalue weighted by Crippen LogP contribution is -2.27. The molecule has 1 saturated carbocycles. The Morgan fingerprint density at radius 1 is 1.45 bits per heavy atom. The Kier molecular flexibility index (Phi) is 3.21. The van der Waals surface area contributed by atoms with Crippen LogP contribution in [-0.2, 0) is 21.5 Å². The predicted octanol–water partition coefficient (Wildman–Crippen LogP) is 3.30. The lowest BCUT2D eigenvalue weighted by atomic mass is 10.1. The molecule has 1 aromatic heterocycles. The minimum absolute atomic E-state index is 0.166. The van der Waals surface area contributed by atoms with Crippen molar-refractivity contribution in [1.82, 2.24) is 9.55 Å². The molecule has 0 radical (unpaired) electrons. The number of esters is 1. The molecule has 1 aliphatic carbocycles. The smallest absolute Gasteiger partial charge is 0.319 e. The number of aromatic nitrogens is 2. The number of fused-ring (bicyclic) bond motifs is 1. The Morgan fingerprint density at radius 3 is 2.80 bits per heavy atom. The zero-order valence-corrected chi connectivity index (χ0v) is 12.4. The molecule has 0 aliphatic heterocycles. The van der Waals surface area contributed by atoms with E-state index in [-0.39, 0.29) is 5.97 Å². The Labute approximate surface area is 122 Å². The second-order valence-corrected chi connectivity index (χ2v) is 5.50. The van der Waals surface area contributed by atoms with Gasteiger partial charge in [-0.15, -0.1) is 0 Å². The average Bonchev–Trinajstić information content (AvgIpc) is 3.15. The normalized spacial score (nSPS) is 16.4. The van der Waals surface area contributed by atoms with E-state index in [2.05, 4.69) is 4.98 Å². The number of aryl methyl sites for hydroxylation is 1. The SMILES string of the molecule is CCOC(=O)C1(c2nc3cccc(Cl)c3n2CC)CC1. The van der Waals surface area contributed by atoms with Crippen LogP contribution in [-0.4, -0.2) is 22.1 Å². The summed E-state index contributed by atoms with van der Waals surface area (Å²) in [5, 5.41) is 0.669. The van der Waals surface area contributed by atoms with Crippen LogP contribution in [0.3, 0.4) is 0 Å². The van der Waals surface area contributed by atoms with Crippen molar-refractivity contribution in [3.8, 4) is 0 Å². The van der Waals surface area contributed by atoms with Crippen LogP contribution in [0.25, 0.3) is 11.0 Å². The Bertz CT molecular complexity index is 674. The van der Waals surface area contributed by atoms with Crippen molar-refractivity contribution in [2.45, 2.75) is 38.6 Å². The largest absolute Gasteiger partial charge is 0.465 e. The molecule has 0 atom stereocenters. The van der Waals surface area contributed by atoms with E-state index in [0.29, 0.717) is 11.6 Å². The second kappa shape index (κ2) is 4.77. The molecule has 4 nitrogen and oxygen atoms in total. The molecule has 106 valence electrons. The molecule has 1 heterocycles. The number of ether oxygens (including phenoxy) is 1. The highest BCUT2D eigenvalue weighted by molar-refractivity contribution is 6.35. The molecule has 0 bridgehead atoms. The summed E-state index contributed by atoms with van der Waals surface area (Å²) in [6.45, 7) is 4.99. The number of rotatable bonds is 4. The van der Waals surface area contributed by atoms with E-state index in [1.807, 2.05) is 36.6 Å². The van der Waals surface area contributed by atoms with Crippen LogP contribution in [0, 0.1) is 0 Å². The molecule has 0 unspecified atom stereocenters. The molecule has 1 fully saturated rings. The summed E-state index contributed by atoms with van der Waals surface area (Å²) in [6.07, 6.45) is 1.60. The van der Waals surface area contributed by atoms with Gasteiger partial charge in [0.1, 0.15) is 11.2 Å². The van der Waals surface area contributed by atoms with Crippen molar-refractivity contribution in [3.63, 3.8) is 0 Å². The Hall–Kier alpha value is -1.55. The summed E-state index contributed by atoms with van der Waals surface area (Å²) < 4.78 is 7.27. The van der Waals surface area contributed by atoms with Gasteiger partial charge in [-0.05, 0) is 38.8 Å². The highest BCUT2D eigenvalue weighted by Crippen LogP contribution is 2.49. The number of carbonyl (C=O) groups excluding carboxylic acids is 1. The first-order chi connectivity index (χ1) is 9.64. The minimum atomic E-state index is -0.561. The zero-order chi connectivity index (χ0) is 14.3. The standard InChI is InChI=1S/C15H17ClN2O2/c1-3-18-12-10(16)6-5-7-11(12)17-13(18)15(8-9-15)14(19)20-4-2/h5-7H,3-4,8-9H2,1-2H3. The van der Waals surface area contributed by atoms with Gasteiger partial charge in [0.05, 0.1) is 22.7 Å². The van der Waals surface area contributed by atoms with E-state index >= 15 is 0 Å². The van der Waals surface area contributed by atoms with Crippen LogP contribution in [0.15, 0.2) is 18.2 Å². The summed E-state index contributed by atoms with van der Waals surface area (Å²) >= 11 is 6.29. The van der Waals surface area contributed by atoms with Crippen LogP contribution in [0.2, 0.25) is 5.02 Å². The molecule has 5 heteroatoms. The third-order valence-corrected chi connectivity index (χ3v) is 4.18. The number of hydrogen-bond acceptors (Lipinski definition) is 3. The topological polar surface area (TPSA) is 44.1 Å². The van der Waals surface area contributed by atoms with Crippen LogP contribution in [0.1, 0.15) is 32.5 Å². The number of halogens is 1. The van der Waals surface area contributed by atoms with Gasteiger partial charge in [0.15, 0.2) is 0 Å². The molecule has 1 aliphatic rings. The van der Waals surface area contributed by atoms with Crippen molar-refractivity contribution >= 4 is 28.6 Å². The van der Waals surface area contributed by atoms with Crippen LogP contribution in [0.5, 0.6) is 0 Å². The van der Waals surface area contributed by atoms with Crippen molar-refractivity contribution in [2.75, 3.05) is 6.61 Å². The summed E-state index contributed by atoms with van der Waals surface area (Å²) in [5.41, 5.74) is 1.18. The molecule has 0 spiro atoms. The van der Waals surface area contributed by atoms with Crippen molar-refractivity contribution in [3.05, 3.63) is 29.0 Å². The van der Waals surface area contributed by atoms with Gasteiger partial charge in [0.2, 0.25) is 0 Å². The fourth-order valence-electron chi connectivity index (χ4n) is 2.73. The molecule has 0 amide bonds. The third-order valence-electron chi connectivity index (χ3n) is 3.88. The van der Waals surface area contributed by atoms with E-state index in [1.54, 1.807) is 0 Å². The van der Waals surface area contributed by atoms with Crippen molar-refractivity contribution in [1.29, 1.82) is 0 Å². The maximum absolute atomic E-state index is 12.2. The van der Waals surface area contributed by atoms with E-state index in [4.69, 9.17) is 16.3 Å². The maximum Gasteiger partial charge on any atom is 0.319 e. The third kappa shape index (κ3) is 1.82. The van der Waals surface area contributed by atoms with Gasteiger partial charge in [-0.3, -0.25) is 4.79 Å². The van der Waals surface area contributed by atoms with Crippen LogP contribution in [0.4, 0.5) is 0 Å². The molecular weight excluding hydrogens is 276 g/mol. The molecule has 2 aromatic rings. The van der Waals surface area contributed by atoms with Gasteiger partial charge in [-0.2, -0.15) is 0 Å². The van der Waals surface area contributed by atoms with Gasteiger partial charge in [-0.1, -0.05) is 17.7 Å². The number of nitrogens with zero attached hydrogens (tertiary/aromatic N) is 2. The molecule has 20 heavy (non-hydrogen) atoms. The predicted molar refractivity (Wildman–Crippen MR) is 78.0 cm³/mol. The van der Waals surface area contributed by atoms with Gasteiger partial charge in [0.25, 0.3) is 0 Å². The van der Waals surface area contributed by atoms with Crippen molar-refractivity contribution in [2.24, 2.45) is 0 Å². The molecular formula is C15H17ClN2O2. The lowest BCUT2D eigenvalue weighted by molar-refractivity contribution is -0.146. The van der Waals surface area contributed by atoms with E-state index in [9.17, 15) is 4.79 Å². The number of imidazole rings is 1. The zero-order valence-electron chi connectivity index (χ0n) is 11.6. The second-order valence-electron chi connectivity index (χ2n) is 5.09. The van der Waals surface area contributed by atoms with Gasteiger partial charge in [0, 0.05) is 6.54 Å². The van der Waals surface area contributed by atoms with Gasteiger partial charge in [-0.25, -0.2) is 4.98 Å². The van der Waals surface area contributed by atoms with Gasteiger partial charge < -0.3 is 9.30 Å². The minimum Gasteiger partial charge on any atom is -0.465 e. The molecule has 0 N–H and O–H groups in total. The summed E-state index contributed by atoms with van der Waals surface area (Å²) in [5.74, 6) is 0.627. The summed E-state index contributed by atoms with van der Waals surface area (Å²) in [6, 6.07) is 5.66. The highest BCUT2D eigenvalue weighted by atomic mass is 35.5. The van der Waals surface area contributed by atoms with E-state index in [1.165, 1.54) is 0 Å². The average molecular weight is 293 g/mol. The Balaban J connectivity index is 2.17. The molecule has 1 aromatic carbocycles. The number of carbonyl (C=O) groups is 1.